The Kier molecular flexibility index (Phi) is 3.86. The van der Waals surface area contributed by atoms with Crippen LogP contribution in [0.4, 0.5) is 5.69 Å². The number of ether oxygens (including phenoxy) is 1. The monoisotopic (exact) mass is 309 g/mol. The Balaban J connectivity index is 1.76. The first-order chi connectivity index (χ1) is 10.1. The van der Waals surface area contributed by atoms with Crippen LogP contribution in [0.5, 0.6) is 0 Å². The molecular weight excluding hydrogens is 290 g/mol. The number of nitrogens with one attached hydrogen (secondary N) is 1. The van der Waals surface area contributed by atoms with Gasteiger partial charge in [-0.1, -0.05) is 0 Å². The van der Waals surface area contributed by atoms with Crippen LogP contribution in [0.2, 0.25) is 0 Å². The Morgan fingerprint density at radius 3 is 2.86 bits per heavy atom. The van der Waals surface area contributed by atoms with E-state index in [-0.39, 0.29) is 24.5 Å². The number of rotatable bonds is 3. The molecule has 1 atom stereocenters. The first-order valence-corrected chi connectivity index (χ1v) is 7.93. The highest BCUT2D eigenvalue weighted by atomic mass is 32.1. The van der Waals surface area contributed by atoms with Gasteiger partial charge in [-0.25, -0.2) is 0 Å². The molecule has 2 aliphatic rings. The molecule has 2 fully saturated rings. The summed E-state index contributed by atoms with van der Waals surface area (Å²) in [5, 5.41) is 2.94. The van der Waals surface area contributed by atoms with Gasteiger partial charge in [-0.2, -0.15) is 0 Å². The van der Waals surface area contributed by atoms with Gasteiger partial charge in [-0.3, -0.25) is 9.59 Å². The van der Waals surface area contributed by atoms with Crippen LogP contribution in [0.15, 0.2) is 6.07 Å². The zero-order valence-electron chi connectivity index (χ0n) is 11.9. The van der Waals surface area contributed by atoms with Gasteiger partial charge in [0.25, 0.3) is 5.91 Å². The predicted octanol–water partition coefficient (Wildman–Crippen LogP) is 0.758. The molecule has 2 amide bonds. The van der Waals surface area contributed by atoms with Gasteiger partial charge in [0.15, 0.2) is 0 Å². The van der Waals surface area contributed by atoms with Crippen LogP contribution in [0, 0.1) is 6.92 Å². The number of aryl methyl sites for hydroxylation is 1. The number of nitrogen functional groups attached to an aromatic ring is 1. The third-order valence-electron chi connectivity index (χ3n) is 3.78. The normalized spacial score (nSPS) is 22.1. The summed E-state index contributed by atoms with van der Waals surface area (Å²) < 4.78 is 5.37. The van der Waals surface area contributed by atoms with E-state index in [4.69, 9.17) is 10.5 Å². The van der Waals surface area contributed by atoms with Crippen molar-refractivity contribution in [3.05, 3.63) is 15.8 Å². The molecule has 1 saturated carbocycles. The van der Waals surface area contributed by atoms with Gasteiger partial charge in [0.2, 0.25) is 5.91 Å². The molecule has 21 heavy (non-hydrogen) atoms. The lowest BCUT2D eigenvalue weighted by molar-refractivity contribution is -0.130. The summed E-state index contributed by atoms with van der Waals surface area (Å²) in [5.74, 6) is -0.258. The van der Waals surface area contributed by atoms with Crippen LogP contribution in [0.3, 0.4) is 0 Å². The molecule has 6 nitrogen and oxygen atoms in total. The molecule has 0 radical (unpaired) electrons. The van der Waals surface area contributed by atoms with Crippen molar-refractivity contribution < 1.29 is 14.3 Å². The minimum atomic E-state index is -0.546. The van der Waals surface area contributed by atoms with E-state index in [1.54, 1.807) is 11.0 Å². The van der Waals surface area contributed by atoms with E-state index in [9.17, 15) is 9.59 Å². The number of nitrogens with two attached hydrogens (primary N) is 1. The summed E-state index contributed by atoms with van der Waals surface area (Å²) in [5.41, 5.74) is 6.43. The fraction of sp³-hybridized carbons (Fsp3) is 0.571. The van der Waals surface area contributed by atoms with E-state index in [0.29, 0.717) is 23.7 Å². The average Bonchev–Trinajstić information content (AvgIpc) is 3.23. The van der Waals surface area contributed by atoms with Gasteiger partial charge >= 0.3 is 0 Å². The van der Waals surface area contributed by atoms with Crippen LogP contribution in [-0.2, 0) is 9.53 Å². The fourth-order valence-corrected chi connectivity index (χ4v) is 3.23. The van der Waals surface area contributed by atoms with Gasteiger partial charge < -0.3 is 20.7 Å². The van der Waals surface area contributed by atoms with E-state index >= 15 is 0 Å². The second-order valence-electron chi connectivity index (χ2n) is 5.49. The third-order valence-corrected chi connectivity index (χ3v) is 4.84. The maximum absolute atomic E-state index is 12.6. The quantitative estimate of drug-likeness (QED) is 0.863. The maximum Gasteiger partial charge on any atom is 0.264 e. The van der Waals surface area contributed by atoms with Gasteiger partial charge in [-0.05, 0) is 25.8 Å². The van der Waals surface area contributed by atoms with Gasteiger partial charge in [-0.15, -0.1) is 11.3 Å². The van der Waals surface area contributed by atoms with Crippen LogP contribution in [-0.4, -0.2) is 48.6 Å². The van der Waals surface area contributed by atoms with Gasteiger partial charge in [0, 0.05) is 23.2 Å². The molecular formula is C14H19N3O3S. The van der Waals surface area contributed by atoms with E-state index in [1.807, 2.05) is 6.92 Å². The standard InChI is InChI=1S/C14H19N3O3S/c1-8-10(15)6-12(21-8)14(19)17-4-5-20-7-11(17)13(18)16-9-2-3-9/h6,9,11H,2-5,7,15H2,1H3,(H,16,18). The van der Waals surface area contributed by atoms with Crippen LogP contribution in [0.1, 0.15) is 27.4 Å². The van der Waals surface area contributed by atoms with Crippen molar-refractivity contribution in [2.24, 2.45) is 0 Å². The zero-order valence-corrected chi connectivity index (χ0v) is 12.7. The summed E-state index contributed by atoms with van der Waals surface area (Å²) in [6.07, 6.45) is 2.04. The molecule has 1 saturated heterocycles. The lowest BCUT2D eigenvalue weighted by Gasteiger charge is -2.34. The second kappa shape index (κ2) is 5.65. The second-order valence-corrected chi connectivity index (χ2v) is 6.75. The molecule has 0 spiro atoms. The number of amides is 2. The third kappa shape index (κ3) is 3.03. The summed E-state index contributed by atoms with van der Waals surface area (Å²) in [6, 6.07) is 1.42. The highest BCUT2D eigenvalue weighted by molar-refractivity contribution is 7.14. The van der Waals surface area contributed by atoms with Crippen LogP contribution >= 0.6 is 11.3 Å². The molecule has 1 aliphatic carbocycles. The molecule has 1 aromatic rings. The minimum Gasteiger partial charge on any atom is -0.398 e. The van der Waals surface area contributed by atoms with Gasteiger partial charge in [0.05, 0.1) is 18.1 Å². The number of morpholine rings is 1. The fourth-order valence-electron chi connectivity index (χ4n) is 2.33. The van der Waals surface area contributed by atoms with E-state index in [2.05, 4.69) is 5.32 Å². The highest BCUT2D eigenvalue weighted by Crippen LogP contribution is 2.26. The molecule has 1 unspecified atom stereocenters. The van der Waals surface area contributed by atoms with Crippen molar-refractivity contribution in [1.82, 2.24) is 10.2 Å². The van der Waals surface area contributed by atoms with Crippen LogP contribution < -0.4 is 11.1 Å². The average molecular weight is 309 g/mol. The van der Waals surface area contributed by atoms with E-state index < -0.39 is 6.04 Å². The number of anilines is 1. The first kappa shape index (κ1) is 14.3. The molecule has 0 aromatic carbocycles. The predicted molar refractivity (Wildman–Crippen MR) is 80.3 cm³/mol. The van der Waals surface area contributed by atoms with E-state index in [0.717, 1.165) is 17.7 Å². The number of hydrogen-bond acceptors (Lipinski definition) is 5. The molecule has 1 aromatic heterocycles. The smallest absolute Gasteiger partial charge is 0.264 e. The molecule has 7 heteroatoms. The molecule has 114 valence electrons. The molecule has 1 aliphatic heterocycles. The summed E-state index contributed by atoms with van der Waals surface area (Å²) in [7, 11) is 0. The van der Waals surface area contributed by atoms with Gasteiger partial charge in [0.1, 0.15) is 6.04 Å². The maximum atomic E-state index is 12.6. The first-order valence-electron chi connectivity index (χ1n) is 7.11. The lowest BCUT2D eigenvalue weighted by Crippen LogP contribution is -2.56. The molecule has 3 N–H and O–H groups in total. The zero-order chi connectivity index (χ0) is 15.0. The number of hydrogen-bond donors (Lipinski definition) is 2. The van der Waals surface area contributed by atoms with Crippen molar-refractivity contribution in [2.45, 2.75) is 31.8 Å². The van der Waals surface area contributed by atoms with Crippen molar-refractivity contribution in [3.63, 3.8) is 0 Å². The van der Waals surface area contributed by atoms with Crippen molar-refractivity contribution in [3.8, 4) is 0 Å². The topological polar surface area (TPSA) is 84.7 Å². The molecule has 0 bridgehead atoms. The largest absolute Gasteiger partial charge is 0.398 e. The number of carbonyl (C=O) groups is 2. The minimum absolute atomic E-state index is 0.119. The van der Waals surface area contributed by atoms with Crippen molar-refractivity contribution in [2.75, 3.05) is 25.5 Å². The lowest BCUT2D eigenvalue weighted by atomic mass is 10.2. The number of carbonyl (C=O) groups excluding carboxylic acids is 2. The Morgan fingerprint density at radius 2 is 2.24 bits per heavy atom. The highest BCUT2D eigenvalue weighted by Gasteiger charge is 2.36. The Bertz CT molecular complexity index is 548. The SMILES string of the molecule is Cc1sc(C(=O)N2CCOCC2C(=O)NC2CC2)cc1N. The summed E-state index contributed by atoms with van der Waals surface area (Å²) >= 11 is 1.37. The summed E-state index contributed by atoms with van der Waals surface area (Å²) in [6.45, 7) is 3.02. The van der Waals surface area contributed by atoms with Crippen LogP contribution in [0.25, 0.3) is 0 Å². The summed E-state index contributed by atoms with van der Waals surface area (Å²) in [4.78, 5) is 28.0. The number of thiophene rings is 1. The number of nitrogens with zero attached hydrogens (tertiary/aromatic N) is 1. The van der Waals surface area contributed by atoms with Crippen molar-refractivity contribution >= 4 is 28.8 Å². The Hall–Kier alpha value is -1.60. The molecule has 3 rings (SSSR count). The van der Waals surface area contributed by atoms with Crippen molar-refractivity contribution in [1.29, 1.82) is 0 Å². The Labute approximate surface area is 127 Å². The molecule has 2 heterocycles. The Morgan fingerprint density at radius 1 is 1.48 bits per heavy atom. The van der Waals surface area contributed by atoms with E-state index in [1.165, 1.54) is 11.3 Å².